The lowest BCUT2D eigenvalue weighted by Gasteiger charge is -2.22. The highest BCUT2D eigenvalue weighted by molar-refractivity contribution is 7.07. The highest BCUT2D eigenvalue weighted by Crippen LogP contribution is 2.34. The van der Waals surface area contributed by atoms with Crippen LogP contribution in [0.25, 0.3) is 17.4 Å². The zero-order valence-electron chi connectivity index (χ0n) is 20.3. The number of hydrogen-bond acceptors (Lipinski definition) is 9. The third kappa shape index (κ3) is 4.43. The third-order valence-corrected chi connectivity index (χ3v) is 6.96. The van der Waals surface area contributed by atoms with Crippen molar-refractivity contribution in [2.24, 2.45) is 4.99 Å². The van der Waals surface area contributed by atoms with Crippen LogP contribution in [0.15, 0.2) is 86.1 Å². The molecule has 3 heterocycles. The summed E-state index contributed by atoms with van der Waals surface area (Å²) < 4.78 is 13.1. The molecule has 2 aromatic heterocycles. The number of rotatable bonds is 6. The second kappa shape index (κ2) is 9.94. The summed E-state index contributed by atoms with van der Waals surface area (Å²) in [6.45, 7) is 3.46. The number of furan rings is 1. The van der Waals surface area contributed by atoms with E-state index in [4.69, 9.17) is 9.15 Å². The van der Waals surface area contributed by atoms with Gasteiger partial charge in [-0.05, 0) is 38.1 Å². The van der Waals surface area contributed by atoms with Crippen molar-refractivity contribution >= 4 is 29.1 Å². The van der Waals surface area contributed by atoms with Crippen LogP contribution < -0.4 is 14.9 Å². The quantitative estimate of drug-likeness (QED) is 0.228. The van der Waals surface area contributed by atoms with Gasteiger partial charge in [0.2, 0.25) is 0 Å². The zero-order valence-corrected chi connectivity index (χ0v) is 21.1. The van der Waals surface area contributed by atoms with E-state index in [1.54, 1.807) is 62.4 Å². The van der Waals surface area contributed by atoms with E-state index in [1.807, 2.05) is 0 Å². The highest BCUT2D eigenvalue weighted by Gasteiger charge is 2.35. The van der Waals surface area contributed by atoms with E-state index in [-0.39, 0.29) is 29.4 Å². The minimum Gasteiger partial charge on any atom is -0.507 e. The topological polar surface area (TPSA) is 137 Å². The van der Waals surface area contributed by atoms with Crippen LogP contribution in [-0.4, -0.2) is 27.2 Å². The van der Waals surface area contributed by atoms with Gasteiger partial charge in [0.05, 0.1) is 27.3 Å². The fourth-order valence-electron chi connectivity index (χ4n) is 4.24. The number of para-hydroxylation sites is 1. The molecule has 192 valence electrons. The second-order valence-electron chi connectivity index (χ2n) is 8.37. The Morgan fingerprint density at radius 1 is 1.24 bits per heavy atom. The molecule has 0 saturated heterocycles. The average Bonchev–Trinajstić information content (AvgIpc) is 3.50. The molecule has 4 aromatic rings. The summed E-state index contributed by atoms with van der Waals surface area (Å²) in [5.41, 5.74) is 0.924. The molecule has 0 spiro atoms. The Morgan fingerprint density at radius 2 is 2.03 bits per heavy atom. The van der Waals surface area contributed by atoms with Crippen molar-refractivity contribution in [3.8, 4) is 17.1 Å². The van der Waals surface area contributed by atoms with E-state index >= 15 is 0 Å². The first-order valence-corrected chi connectivity index (χ1v) is 12.4. The van der Waals surface area contributed by atoms with Gasteiger partial charge in [0.15, 0.2) is 4.80 Å². The molecule has 0 fully saturated rings. The van der Waals surface area contributed by atoms with Gasteiger partial charge in [-0.15, -0.1) is 0 Å². The molecule has 1 aliphatic heterocycles. The number of aromatic hydroxyl groups is 1. The molecule has 0 radical (unpaired) electrons. The number of hydrogen-bond donors (Lipinski definition) is 1. The molecular formula is C27H21N3O7S. The molecule has 1 N–H and O–H groups in total. The average molecular weight is 532 g/mol. The van der Waals surface area contributed by atoms with E-state index < -0.39 is 22.5 Å². The lowest BCUT2D eigenvalue weighted by molar-refractivity contribution is -0.384. The Balaban J connectivity index is 1.69. The number of esters is 1. The number of carbonyl (C=O) groups excluding carboxylic acids is 1. The summed E-state index contributed by atoms with van der Waals surface area (Å²) in [6, 6.07) is 14.9. The van der Waals surface area contributed by atoms with Crippen LogP contribution in [0.4, 0.5) is 5.69 Å². The maximum atomic E-state index is 13.7. The Morgan fingerprint density at radius 3 is 2.76 bits per heavy atom. The second-order valence-corrected chi connectivity index (χ2v) is 9.38. The van der Waals surface area contributed by atoms with Gasteiger partial charge in [0.25, 0.3) is 11.2 Å². The summed E-state index contributed by atoms with van der Waals surface area (Å²) in [5, 5.41) is 21.4. The maximum Gasteiger partial charge on any atom is 0.338 e. The van der Waals surface area contributed by atoms with Crippen LogP contribution in [0.5, 0.6) is 5.75 Å². The molecule has 0 amide bonds. The van der Waals surface area contributed by atoms with Gasteiger partial charge in [-0.3, -0.25) is 19.5 Å². The van der Waals surface area contributed by atoms with Crippen LogP contribution in [0.2, 0.25) is 0 Å². The Hall–Kier alpha value is -4.77. The lowest BCUT2D eigenvalue weighted by atomic mass is 10.0. The SMILES string of the molecule is CCOC(=O)C1=C(C)N=c2s/c(=C\c3ccccc3O)c(=O)n2[C@H]1c1ccc(-c2cccc([N+](=O)[O-])c2)o1. The van der Waals surface area contributed by atoms with Crippen molar-refractivity contribution in [3.05, 3.63) is 113 Å². The van der Waals surface area contributed by atoms with Gasteiger partial charge in [0.1, 0.15) is 23.3 Å². The number of allylic oxidation sites excluding steroid dienone is 1. The number of non-ortho nitro benzene ring substituents is 1. The molecule has 11 heteroatoms. The fraction of sp³-hybridized carbons (Fsp3) is 0.148. The van der Waals surface area contributed by atoms with Crippen LogP contribution in [0.1, 0.15) is 31.2 Å². The number of nitro groups is 1. The van der Waals surface area contributed by atoms with Crippen molar-refractivity contribution in [3.63, 3.8) is 0 Å². The first-order valence-electron chi connectivity index (χ1n) is 11.6. The third-order valence-electron chi connectivity index (χ3n) is 5.98. The van der Waals surface area contributed by atoms with Crippen molar-refractivity contribution in [1.29, 1.82) is 0 Å². The van der Waals surface area contributed by atoms with Crippen molar-refractivity contribution in [1.82, 2.24) is 4.57 Å². The number of thiazole rings is 1. The molecule has 0 bridgehead atoms. The predicted molar refractivity (Wildman–Crippen MR) is 139 cm³/mol. The van der Waals surface area contributed by atoms with Crippen LogP contribution in [-0.2, 0) is 9.53 Å². The lowest BCUT2D eigenvalue weighted by Crippen LogP contribution is -2.39. The fourth-order valence-corrected chi connectivity index (χ4v) is 5.28. The number of nitrogens with zero attached hydrogens (tertiary/aromatic N) is 3. The molecule has 2 aromatic carbocycles. The van der Waals surface area contributed by atoms with Gasteiger partial charge in [-0.2, -0.15) is 0 Å². The zero-order chi connectivity index (χ0) is 27.0. The smallest absolute Gasteiger partial charge is 0.338 e. The molecule has 1 aliphatic rings. The van der Waals surface area contributed by atoms with Crippen LogP contribution in [0.3, 0.4) is 0 Å². The monoisotopic (exact) mass is 531 g/mol. The van der Waals surface area contributed by atoms with Crippen LogP contribution >= 0.6 is 11.3 Å². The van der Waals surface area contributed by atoms with Crippen molar-refractivity contribution in [2.75, 3.05) is 6.61 Å². The van der Waals surface area contributed by atoms with Gasteiger partial charge < -0.3 is 14.3 Å². The number of nitro benzene ring substituents is 1. The number of ether oxygens (including phenoxy) is 1. The van der Waals surface area contributed by atoms with Gasteiger partial charge in [-0.25, -0.2) is 9.79 Å². The van der Waals surface area contributed by atoms with E-state index in [2.05, 4.69) is 4.99 Å². The van der Waals surface area contributed by atoms with E-state index in [1.165, 1.54) is 22.8 Å². The van der Waals surface area contributed by atoms with Crippen molar-refractivity contribution in [2.45, 2.75) is 19.9 Å². The largest absolute Gasteiger partial charge is 0.507 e. The number of carbonyl (C=O) groups is 1. The van der Waals surface area contributed by atoms with Gasteiger partial charge in [-0.1, -0.05) is 41.7 Å². The Labute approximate surface area is 219 Å². The summed E-state index contributed by atoms with van der Waals surface area (Å²) in [7, 11) is 0. The molecule has 0 unspecified atom stereocenters. The summed E-state index contributed by atoms with van der Waals surface area (Å²) in [6.07, 6.45) is 1.57. The number of phenols is 1. The standard InChI is InChI=1S/C27H21N3O7S/c1-3-36-26(33)23-15(2)28-27-29(25(32)22(38-27)14-16-7-4-5-10-19(16)31)24(23)21-12-11-20(37-21)17-8-6-9-18(13-17)30(34)35/h4-14,24,31H,3H2,1-2H3/b22-14-/t24-/m0/s1. The van der Waals surface area contributed by atoms with E-state index in [0.29, 0.717) is 31.9 Å². The van der Waals surface area contributed by atoms with E-state index in [9.17, 15) is 24.8 Å². The summed E-state index contributed by atoms with van der Waals surface area (Å²) in [5.74, 6) is -0.0232. The Kier molecular flexibility index (Phi) is 6.52. The minimum atomic E-state index is -0.982. The Bertz CT molecular complexity index is 1800. The number of fused-ring (bicyclic) bond motifs is 1. The number of aromatic nitrogens is 1. The highest BCUT2D eigenvalue weighted by atomic mass is 32.1. The van der Waals surface area contributed by atoms with Crippen LogP contribution in [0, 0.1) is 10.1 Å². The molecule has 5 rings (SSSR count). The molecule has 0 saturated carbocycles. The van der Waals surface area contributed by atoms with Crippen molar-refractivity contribution < 1.29 is 24.0 Å². The first kappa shape index (κ1) is 24.9. The molecule has 38 heavy (non-hydrogen) atoms. The first-order chi connectivity index (χ1) is 18.3. The van der Waals surface area contributed by atoms with Gasteiger partial charge >= 0.3 is 5.97 Å². The molecule has 0 aliphatic carbocycles. The molecular weight excluding hydrogens is 510 g/mol. The summed E-state index contributed by atoms with van der Waals surface area (Å²) in [4.78, 5) is 42.3. The predicted octanol–water partition coefficient (Wildman–Crippen LogP) is 3.67. The summed E-state index contributed by atoms with van der Waals surface area (Å²) >= 11 is 1.12. The molecule has 10 nitrogen and oxygen atoms in total. The van der Waals surface area contributed by atoms with Gasteiger partial charge in [0, 0.05) is 23.3 Å². The molecule has 1 atom stereocenters. The number of phenolic OH excluding ortho intramolecular Hbond substituents is 1. The number of benzene rings is 2. The maximum absolute atomic E-state index is 13.7. The minimum absolute atomic E-state index is 0.0194. The normalized spacial score (nSPS) is 15.2. The van der Waals surface area contributed by atoms with E-state index in [0.717, 1.165) is 11.3 Å².